The van der Waals surface area contributed by atoms with Crippen LogP contribution in [0, 0.1) is 5.92 Å². The molecule has 0 N–H and O–H groups in total. The zero-order chi connectivity index (χ0) is 11.8. The van der Waals surface area contributed by atoms with Crippen molar-refractivity contribution in [3.8, 4) is 0 Å². The molecule has 2 nitrogen and oxygen atoms in total. The Hall–Kier alpha value is 0.130. The van der Waals surface area contributed by atoms with Crippen molar-refractivity contribution in [2.75, 3.05) is 11.5 Å². The lowest BCUT2D eigenvalue weighted by atomic mass is 10.0. The van der Waals surface area contributed by atoms with E-state index in [0.29, 0.717) is 11.5 Å². The van der Waals surface area contributed by atoms with Gasteiger partial charge in [-0.25, -0.2) is 8.42 Å². The average Bonchev–Trinajstić information content (AvgIpc) is 2.83. The summed E-state index contributed by atoms with van der Waals surface area (Å²) < 4.78 is 22.8. The van der Waals surface area contributed by atoms with Gasteiger partial charge in [0, 0.05) is 9.75 Å². The molecule has 2 rings (SSSR count). The van der Waals surface area contributed by atoms with E-state index in [1.54, 1.807) is 11.3 Å². The Morgan fingerprint density at radius 3 is 2.81 bits per heavy atom. The zero-order valence-electron chi connectivity index (χ0n) is 9.15. The van der Waals surface area contributed by atoms with Gasteiger partial charge in [-0.05, 0) is 30.9 Å². The minimum absolute atomic E-state index is 0.204. The normalized spacial score (nSPS) is 25.8. The number of thiophene rings is 1. The smallest absolute Gasteiger partial charge is 0.150 e. The van der Waals surface area contributed by atoms with Crippen LogP contribution in [0.2, 0.25) is 0 Å². The summed E-state index contributed by atoms with van der Waals surface area (Å²) in [7, 11) is -2.77. The maximum absolute atomic E-state index is 11.4. The van der Waals surface area contributed by atoms with Crippen LogP contribution < -0.4 is 0 Å². The fourth-order valence-corrected chi connectivity index (χ4v) is 6.02. The van der Waals surface area contributed by atoms with Crippen molar-refractivity contribution < 1.29 is 8.42 Å². The number of hydrogen-bond donors (Lipinski definition) is 0. The van der Waals surface area contributed by atoms with E-state index in [0.717, 1.165) is 12.8 Å². The number of alkyl halides is 1. The molecule has 0 spiro atoms. The van der Waals surface area contributed by atoms with Gasteiger partial charge in [-0.2, -0.15) is 0 Å². The molecule has 1 saturated heterocycles. The summed E-state index contributed by atoms with van der Waals surface area (Å²) in [5, 5.41) is 0. The van der Waals surface area contributed by atoms with Crippen LogP contribution in [-0.4, -0.2) is 19.9 Å². The predicted molar refractivity (Wildman–Crippen MR) is 72.1 cm³/mol. The zero-order valence-corrected chi connectivity index (χ0v) is 12.4. The first-order valence-corrected chi connectivity index (χ1v) is 9.00. The molecule has 0 radical (unpaired) electrons. The Morgan fingerprint density at radius 1 is 1.56 bits per heavy atom. The van der Waals surface area contributed by atoms with E-state index in [2.05, 4.69) is 35.0 Å². The fourth-order valence-electron chi connectivity index (χ4n) is 2.02. The van der Waals surface area contributed by atoms with E-state index < -0.39 is 9.84 Å². The van der Waals surface area contributed by atoms with Crippen LogP contribution in [0.1, 0.15) is 27.9 Å². The van der Waals surface area contributed by atoms with Gasteiger partial charge in [0.05, 0.1) is 16.3 Å². The minimum Gasteiger partial charge on any atom is -0.229 e. The van der Waals surface area contributed by atoms with Gasteiger partial charge < -0.3 is 0 Å². The van der Waals surface area contributed by atoms with E-state index in [1.807, 2.05) is 0 Å². The van der Waals surface area contributed by atoms with Gasteiger partial charge in [0.1, 0.15) is 0 Å². The van der Waals surface area contributed by atoms with Crippen molar-refractivity contribution in [1.82, 2.24) is 0 Å². The third-order valence-corrected chi connectivity index (χ3v) is 7.63. The fraction of sp³-hybridized carbons (Fsp3) is 0.636. The molecular weight excluding hydrogens is 308 g/mol. The van der Waals surface area contributed by atoms with Crippen LogP contribution in [0.15, 0.2) is 12.1 Å². The quantitative estimate of drug-likeness (QED) is 0.801. The molecule has 1 fully saturated rings. The van der Waals surface area contributed by atoms with Crippen LogP contribution in [-0.2, 0) is 16.3 Å². The summed E-state index contributed by atoms with van der Waals surface area (Å²) in [5.41, 5.74) is 0. The molecule has 1 aromatic rings. The SMILES string of the molecule is CCc1ccc(C(Br)C2CCS(=O)(=O)C2)s1. The highest BCUT2D eigenvalue weighted by Gasteiger charge is 2.33. The largest absolute Gasteiger partial charge is 0.229 e. The summed E-state index contributed by atoms with van der Waals surface area (Å²) in [4.78, 5) is 2.83. The number of aryl methyl sites for hydroxylation is 1. The maximum atomic E-state index is 11.4. The summed E-state index contributed by atoms with van der Waals surface area (Å²) in [6, 6.07) is 4.26. The number of hydrogen-bond acceptors (Lipinski definition) is 3. The lowest BCUT2D eigenvalue weighted by Gasteiger charge is -2.13. The maximum Gasteiger partial charge on any atom is 0.150 e. The van der Waals surface area contributed by atoms with Crippen molar-refractivity contribution in [3.63, 3.8) is 0 Å². The molecule has 16 heavy (non-hydrogen) atoms. The van der Waals surface area contributed by atoms with Crippen LogP contribution in [0.5, 0.6) is 0 Å². The van der Waals surface area contributed by atoms with Gasteiger partial charge in [-0.3, -0.25) is 0 Å². The molecule has 2 atom stereocenters. The van der Waals surface area contributed by atoms with Crippen molar-refractivity contribution in [2.24, 2.45) is 5.92 Å². The number of rotatable bonds is 3. The lowest BCUT2D eigenvalue weighted by Crippen LogP contribution is -2.09. The van der Waals surface area contributed by atoms with E-state index in [1.165, 1.54) is 9.75 Å². The third kappa shape index (κ3) is 2.68. The molecule has 5 heteroatoms. The van der Waals surface area contributed by atoms with Crippen LogP contribution in [0.4, 0.5) is 0 Å². The van der Waals surface area contributed by atoms with Gasteiger partial charge in [0.15, 0.2) is 9.84 Å². The first-order valence-electron chi connectivity index (χ1n) is 5.45. The summed E-state index contributed by atoms with van der Waals surface area (Å²) in [6.45, 7) is 2.14. The van der Waals surface area contributed by atoms with E-state index in [9.17, 15) is 8.42 Å². The van der Waals surface area contributed by atoms with Gasteiger partial charge >= 0.3 is 0 Å². The Morgan fingerprint density at radius 2 is 2.31 bits per heavy atom. The summed E-state index contributed by atoms with van der Waals surface area (Å²) >= 11 is 5.44. The standard InChI is InChI=1S/C11H15BrO2S2/c1-2-9-3-4-10(15-9)11(12)8-5-6-16(13,14)7-8/h3-4,8,11H,2,5-7H2,1H3. The van der Waals surface area contributed by atoms with Crippen LogP contribution in [0.3, 0.4) is 0 Å². The monoisotopic (exact) mass is 322 g/mol. The first kappa shape index (κ1) is 12.6. The number of halogens is 1. The van der Waals surface area contributed by atoms with E-state index in [-0.39, 0.29) is 10.7 Å². The molecule has 2 unspecified atom stereocenters. The Kier molecular flexibility index (Phi) is 3.76. The molecule has 0 aliphatic carbocycles. The number of sulfone groups is 1. The van der Waals surface area contributed by atoms with Crippen LogP contribution in [0.25, 0.3) is 0 Å². The molecule has 1 aliphatic rings. The van der Waals surface area contributed by atoms with Crippen molar-refractivity contribution in [2.45, 2.75) is 24.6 Å². The van der Waals surface area contributed by atoms with Crippen LogP contribution >= 0.6 is 27.3 Å². The van der Waals surface area contributed by atoms with E-state index in [4.69, 9.17) is 0 Å². The molecule has 1 aliphatic heterocycles. The second-order valence-corrected chi connectivity index (χ2v) is 8.64. The summed E-state index contributed by atoms with van der Waals surface area (Å²) in [5.74, 6) is 0.932. The average molecular weight is 323 g/mol. The highest BCUT2D eigenvalue weighted by molar-refractivity contribution is 9.09. The Labute approximate surface area is 109 Å². The highest BCUT2D eigenvalue weighted by Crippen LogP contribution is 2.40. The van der Waals surface area contributed by atoms with Crippen molar-refractivity contribution in [3.05, 3.63) is 21.9 Å². The predicted octanol–water partition coefficient (Wildman–Crippen LogP) is 3.18. The van der Waals surface area contributed by atoms with E-state index >= 15 is 0 Å². The minimum atomic E-state index is -2.77. The molecule has 90 valence electrons. The Balaban J connectivity index is 2.11. The lowest BCUT2D eigenvalue weighted by molar-refractivity contribution is 0.583. The van der Waals surface area contributed by atoms with Gasteiger partial charge in [0.2, 0.25) is 0 Å². The molecular formula is C11H15BrO2S2. The summed E-state index contributed by atoms with van der Waals surface area (Å²) in [6.07, 6.45) is 1.84. The molecule has 2 heterocycles. The molecule has 0 amide bonds. The first-order chi connectivity index (χ1) is 7.52. The van der Waals surface area contributed by atoms with Crippen molar-refractivity contribution >= 4 is 37.1 Å². The second-order valence-electron chi connectivity index (χ2n) is 4.22. The van der Waals surface area contributed by atoms with Gasteiger partial charge in [-0.1, -0.05) is 22.9 Å². The van der Waals surface area contributed by atoms with Gasteiger partial charge in [0.25, 0.3) is 0 Å². The second kappa shape index (κ2) is 4.78. The molecule has 1 aromatic heterocycles. The topological polar surface area (TPSA) is 34.1 Å². The third-order valence-electron chi connectivity index (χ3n) is 2.98. The molecule has 0 bridgehead atoms. The van der Waals surface area contributed by atoms with Crippen molar-refractivity contribution in [1.29, 1.82) is 0 Å². The molecule has 0 saturated carbocycles. The molecule has 0 aromatic carbocycles. The Bertz CT molecular complexity index is 464. The van der Waals surface area contributed by atoms with Gasteiger partial charge in [-0.15, -0.1) is 11.3 Å². The highest BCUT2D eigenvalue weighted by atomic mass is 79.9.